The van der Waals surface area contributed by atoms with Gasteiger partial charge in [0.2, 0.25) is 5.28 Å². The molecule has 0 aliphatic carbocycles. The normalized spacial score (nSPS) is 10.7. The third kappa shape index (κ3) is 1.70. The topological polar surface area (TPSA) is 59.9 Å². The zero-order chi connectivity index (χ0) is 9.30. The average molecular weight is 211 g/mol. The van der Waals surface area contributed by atoms with Gasteiger partial charge in [-0.05, 0) is 18.5 Å². The molecule has 0 amide bonds. The van der Waals surface area contributed by atoms with Crippen LogP contribution in [0.25, 0.3) is 0 Å². The highest BCUT2D eigenvalue weighted by atomic mass is 35.5. The van der Waals surface area contributed by atoms with E-state index in [1.807, 2.05) is 0 Å². The minimum absolute atomic E-state index is 0.0794. The smallest absolute Gasteiger partial charge is 0.224 e. The molecule has 66 valence electrons. The van der Waals surface area contributed by atoms with E-state index in [1.54, 1.807) is 0 Å². The van der Waals surface area contributed by atoms with Crippen molar-refractivity contribution >= 4 is 22.3 Å². The molecule has 1 heterocycles. The van der Waals surface area contributed by atoms with Gasteiger partial charge in [0.1, 0.15) is 0 Å². The Balaban J connectivity index is 3.48. The van der Waals surface area contributed by atoms with Gasteiger partial charge in [0.05, 0.1) is 5.69 Å². The van der Waals surface area contributed by atoms with Crippen LogP contribution in [0.5, 0.6) is 0 Å². The van der Waals surface area contributed by atoms with Gasteiger partial charge in [0.15, 0.2) is 21.5 Å². The van der Waals surface area contributed by atoms with Crippen molar-refractivity contribution in [2.24, 2.45) is 0 Å². The SMILES string of the molecule is Cc1nc(Cl)nc([SH](=O)=O)c1F. The maximum absolute atomic E-state index is 12.9. The van der Waals surface area contributed by atoms with Gasteiger partial charge in [-0.25, -0.2) is 22.8 Å². The molecule has 0 bridgehead atoms. The lowest BCUT2D eigenvalue weighted by Gasteiger charge is -1.97. The summed E-state index contributed by atoms with van der Waals surface area (Å²) in [5.74, 6) is -0.949. The van der Waals surface area contributed by atoms with Crippen LogP contribution in [0.4, 0.5) is 4.39 Å². The zero-order valence-corrected chi connectivity index (χ0v) is 7.56. The zero-order valence-electron chi connectivity index (χ0n) is 5.91. The first-order chi connectivity index (χ1) is 5.52. The van der Waals surface area contributed by atoms with Crippen molar-refractivity contribution in [3.8, 4) is 0 Å². The summed E-state index contributed by atoms with van der Waals surface area (Å²) in [6, 6.07) is 0. The lowest BCUT2D eigenvalue weighted by Crippen LogP contribution is -1.99. The van der Waals surface area contributed by atoms with Crippen LogP contribution in [0.2, 0.25) is 5.28 Å². The third-order valence-electron chi connectivity index (χ3n) is 1.15. The van der Waals surface area contributed by atoms with E-state index >= 15 is 0 Å². The van der Waals surface area contributed by atoms with Crippen LogP contribution in [0.3, 0.4) is 0 Å². The van der Waals surface area contributed by atoms with E-state index in [4.69, 9.17) is 11.6 Å². The summed E-state index contributed by atoms with van der Waals surface area (Å²) in [6.45, 7) is 1.31. The molecule has 1 aromatic heterocycles. The van der Waals surface area contributed by atoms with E-state index in [0.29, 0.717) is 0 Å². The van der Waals surface area contributed by atoms with Gasteiger partial charge in [-0.15, -0.1) is 0 Å². The van der Waals surface area contributed by atoms with E-state index in [2.05, 4.69) is 9.97 Å². The summed E-state index contributed by atoms with van der Waals surface area (Å²) in [5.41, 5.74) is -0.0794. The lowest BCUT2D eigenvalue weighted by atomic mass is 10.4. The average Bonchev–Trinajstić information content (AvgIpc) is 1.96. The molecule has 1 rings (SSSR count). The molecule has 0 atom stereocenters. The molecule has 0 radical (unpaired) electrons. The van der Waals surface area contributed by atoms with Crippen molar-refractivity contribution in [1.82, 2.24) is 9.97 Å². The van der Waals surface area contributed by atoms with E-state index in [-0.39, 0.29) is 11.0 Å². The lowest BCUT2D eigenvalue weighted by molar-refractivity contribution is 0.549. The van der Waals surface area contributed by atoms with Crippen LogP contribution in [0.1, 0.15) is 5.69 Å². The molecule has 7 heteroatoms. The standard InChI is InChI=1S/C5H4ClFN2O2S/c1-2-3(7)4(12(10)11)9-5(6)8-2/h12H,1H3. The van der Waals surface area contributed by atoms with Crippen molar-refractivity contribution in [2.75, 3.05) is 0 Å². The highest BCUT2D eigenvalue weighted by Crippen LogP contribution is 2.12. The first-order valence-corrected chi connectivity index (χ1v) is 4.42. The number of aryl methyl sites for hydroxylation is 1. The Bertz CT molecular complexity index is 385. The van der Waals surface area contributed by atoms with Gasteiger partial charge in [-0.2, -0.15) is 0 Å². The summed E-state index contributed by atoms with van der Waals surface area (Å²) in [6.07, 6.45) is 0. The Kier molecular flexibility index (Phi) is 2.58. The van der Waals surface area contributed by atoms with Gasteiger partial charge >= 0.3 is 0 Å². The molecule has 0 aromatic carbocycles. The minimum Gasteiger partial charge on any atom is -0.225 e. The largest absolute Gasteiger partial charge is 0.225 e. The molecule has 0 aliphatic heterocycles. The maximum atomic E-state index is 12.9. The summed E-state index contributed by atoms with van der Waals surface area (Å²) in [7, 11) is -3.06. The van der Waals surface area contributed by atoms with E-state index in [1.165, 1.54) is 6.92 Å². The number of hydrogen-bond donors (Lipinski definition) is 1. The van der Waals surface area contributed by atoms with Crippen molar-refractivity contribution in [1.29, 1.82) is 0 Å². The maximum Gasteiger partial charge on any atom is 0.224 e. The second-order valence-electron chi connectivity index (χ2n) is 1.97. The van der Waals surface area contributed by atoms with Gasteiger partial charge in [0, 0.05) is 0 Å². The quantitative estimate of drug-likeness (QED) is 0.418. The second kappa shape index (κ2) is 3.32. The Morgan fingerprint density at radius 2 is 2.00 bits per heavy atom. The molecule has 0 spiro atoms. The first-order valence-electron chi connectivity index (χ1n) is 2.86. The number of aromatic nitrogens is 2. The van der Waals surface area contributed by atoms with Crippen LogP contribution in [0.15, 0.2) is 5.03 Å². The molecule has 0 N–H and O–H groups in total. The van der Waals surface area contributed by atoms with Crippen molar-refractivity contribution in [3.05, 3.63) is 16.8 Å². The van der Waals surface area contributed by atoms with Crippen LogP contribution < -0.4 is 0 Å². The van der Waals surface area contributed by atoms with E-state index < -0.39 is 21.5 Å². The molecule has 0 aliphatic rings. The summed E-state index contributed by atoms with van der Waals surface area (Å²) in [5, 5.41) is -0.939. The third-order valence-corrected chi connectivity index (χ3v) is 1.96. The van der Waals surface area contributed by atoms with Crippen molar-refractivity contribution < 1.29 is 12.8 Å². The van der Waals surface area contributed by atoms with E-state index in [9.17, 15) is 12.8 Å². The van der Waals surface area contributed by atoms with Crippen molar-refractivity contribution in [3.63, 3.8) is 0 Å². The number of hydrogen-bond acceptors (Lipinski definition) is 4. The molecule has 12 heavy (non-hydrogen) atoms. The molecule has 1 aromatic rings. The predicted molar refractivity (Wildman–Crippen MR) is 40.3 cm³/mol. The molecule has 0 saturated carbocycles. The van der Waals surface area contributed by atoms with Gasteiger partial charge in [0.25, 0.3) is 0 Å². The van der Waals surface area contributed by atoms with E-state index in [0.717, 1.165) is 0 Å². The number of halogens is 2. The Morgan fingerprint density at radius 3 is 2.50 bits per heavy atom. The Hall–Kier alpha value is -0.750. The minimum atomic E-state index is -3.06. The number of thiol groups is 1. The monoisotopic (exact) mass is 210 g/mol. The van der Waals surface area contributed by atoms with Crippen LogP contribution >= 0.6 is 11.6 Å². The summed E-state index contributed by atoms with van der Waals surface area (Å²) >= 11 is 5.31. The Labute approximate surface area is 74.4 Å². The number of nitrogens with zero attached hydrogens (tertiary/aromatic N) is 2. The molecule has 4 nitrogen and oxygen atoms in total. The summed E-state index contributed by atoms with van der Waals surface area (Å²) in [4.78, 5) is 6.64. The van der Waals surface area contributed by atoms with Crippen LogP contribution in [-0.4, -0.2) is 18.4 Å². The van der Waals surface area contributed by atoms with Crippen LogP contribution in [-0.2, 0) is 10.7 Å². The fraction of sp³-hybridized carbons (Fsp3) is 0.200. The first kappa shape index (κ1) is 9.34. The fourth-order valence-corrected chi connectivity index (χ4v) is 1.40. The molecular weight excluding hydrogens is 207 g/mol. The van der Waals surface area contributed by atoms with Crippen LogP contribution in [0, 0.1) is 12.7 Å². The van der Waals surface area contributed by atoms with Gasteiger partial charge in [-0.1, -0.05) is 0 Å². The van der Waals surface area contributed by atoms with Gasteiger partial charge < -0.3 is 0 Å². The van der Waals surface area contributed by atoms with Gasteiger partial charge in [-0.3, -0.25) is 0 Å². The fourth-order valence-electron chi connectivity index (χ4n) is 0.632. The second-order valence-corrected chi connectivity index (χ2v) is 3.25. The Morgan fingerprint density at radius 1 is 1.42 bits per heavy atom. The van der Waals surface area contributed by atoms with Crippen molar-refractivity contribution in [2.45, 2.75) is 11.9 Å². The molecule has 0 unspecified atom stereocenters. The molecular formula is C5H4ClFN2O2S. The highest BCUT2D eigenvalue weighted by molar-refractivity contribution is 7.72. The molecule has 0 saturated heterocycles. The number of rotatable bonds is 1. The molecule has 0 fully saturated rings. The summed E-state index contributed by atoms with van der Waals surface area (Å²) < 4.78 is 33.6. The highest BCUT2D eigenvalue weighted by Gasteiger charge is 2.11. The predicted octanol–water partition coefficient (Wildman–Crippen LogP) is 0.548.